The summed E-state index contributed by atoms with van der Waals surface area (Å²) >= 11 is 0. The maximum Gasteiger partial charge on any atom is 0.160 e. The number of nitrogens with zero attached hydrogens (tertiary/aromatic N) is 1. The number of aromatic hydroxyl groups is 1. The maximum atomic E-state index is 10.3. The molecule has 4 rings (SSSR count). The van der Waals surface area contributed by atoms with E-state index in [9.17, 15) is 5.11 Å². The van der Waals surface area contributed by atoms with Gasteiger partial charge in [-0.1, -0.05) is 0 Å². The minimum absolute atomic E-state index is 0.198. The van der Waals surface area contributed by atoms with Gasteiger partial charge in [-0.2, -0.15) is 0 Å². The number of methoxy groups -OCH3 is 3. The molecule has 5 nitrogen and oxygen atoms in total. The SMILES string of the molecule is COc1cc2c(cc1O)C1Cc3c(OC)ccc(OC)c3CN1[C@H](C)C2. The van der Waals surface area contributed by atoms with Crippen LogP contribution in [0.1, 0.15) is 35.2 Å². The van der Waals surface area contributed by atoms with Gasteiger partial charge in [-0.3, -0.25) is 4.90 Å². The molecular formula is C21H25NO4. The van der Waals surface area contributed by atoms with Crippen LogP contribution >= 0.6 is 0 Å². The average molecular weight is 355 g/mol. The van der Waals surface area contributed by atoms with Crippen LogP contribution in [0.2, 0.25) is 0 Å². The van der Waals surface area contributed by atoms with Crippen LogP contribution in [0, 0.1) is 0 Å². The van der Waals surface area contributed by atoms with Gasteiger partial charge in [-0.15, -0.1) is 0 Å². The molecule has 2 aliphatic heterocycles. The van der Waals surface area contributed by atoms with E-state index in [1.54, 1.807) is 21.3 Å². The van der Waals surface area contributed by atoms with Gasteiger partial charge < -0.3 is 19.3 Å². The molecule has 0 aliphatic carbocycles. The van der Waals surface area contributed by atoms with Crippen molar-refractivity contribution in [1.29, 1.82) is 0 Å². The van der Waals surface area contributed by atoms with Crippen molar-refractivity contribution in [3.63, 3.8) is 0 Å². The largest absolute Gasteiger partial charge is 0.504 e. The van der Waals surface area contributed by atoms with E-state index in [-0.39, 0.29) is 11.8 Å². The molecule has 5 heteroatoms. The highest BCUT2D eigenvalue weighted by molar-refractivity contribution is 5.54. The minimum atomic E-state index is 0.198. The lowest BCUT2D eigenvalue weighted by Gasteiger charge is -2.46. The van der Waals surface area contributed by atoms with Gasteiger partial charge >= 0.3 is 0 Å². The molecule has 2 aliphatic rings. The lowest BCUT2D eigenvalue weighted by atomic mass is 9.81. The number of hydrogen-bond donors (Lipinski definition) is 1. The van der Waals surface area contributed by atoms with Crippen LogP contribution < -0.4 is 14.2 Å². The molecule has 0 amide bonds. The van der Waals surface area contributed by atoms with Crippen LogP contribution in [0.25, 0.3) is 0 Å². The third-order valence-electron chi connectivity index (χ3n) is 5.80. The highest BCUT2D eigenvalue weighted by Crippen LogP contribution is 2.47. The van der Waals surface area contributed by atoms with E-state index in [2.05, 4.69) is 11.8 Å². The van der Waals surface area contributed by atoms with Gasteiger partial charge in [-0.25, -0.2) is 0 Å². The first-order valence-corrected chi connectivity index (χ1v) is 8.95. The predicted octanol–water partition coefficient (Wildman–Crippen LogP) is 3.46. The highest BCUT2D eigenvalue weighted by atomic mass is 16.5. The predicted molar refractivity (Wildman–Crippen MR) is 99.4 cm³/mol. The molecule has 0 saturated heterocycles. The van der Waals surface area contributed by atoms with Crippen molar-refractivity contribution in [3.8, 4) is 23.0 Å². The number of phenols is 1. The Morgan fingerprint density at radius 3 is 2.23 bits per heavy atom. The second kappa shape index (κ2) is 6.40. The Bertz CT molecular complexity index is 848. The summed E-state index contributed by atoms with van der Waals surface area (Å²) in [6, 6.07) is 8.42. The molecule has 1 unspecified atom stereocenters. The zero-order chi connectivity index (χ0) is 18.4. The summed E-state index contributed by atoms with van der Waals surface area (Å²) in [7, 11) is 5.02. The van der Waals surface area contributed by atoms with E-state index in [1.807, 2.05) is 24.3 Å². The second-order valence-electron chi connectivity index (χ2n) is 7.10. The number of phenolic OH excluding ortho intramolecular Hbond substituents is 1. The summed E-state index contributed by atoms with van der Waals surface area (Å²) < 4.78 is 16.5. The molecule has 0 radical (unpaired) electrons. The third-order valence-corrected chi connectivity index (χ3v) is 5.80. The van der Waals surface area contributed by atoms with E-state index in [1.165, 1.54) is 22.3 Å². The Morgan fingerprint density at radius 1 is 0.923 bits per heavy atom. The normalized spacial score (nSPS) is 21.4. The Labute approximate surface area is 154 Å². The molecule has 2 atom stereocenters. The Kier molecular flexibility index (Phi) is 4.19. The fraction of sp³-hybridized carbons (Fsp3) is 0.429. The standard InChI is InChI=1S/C21H25NO4/c1-12-7-13-8-21(26-4)18(23)10-14(13)17-9-15-16(11-22(12)17)20(25-3)6-5-19(15)24-2/h5-6,8,10,12,17,23H,7,9,11H2,1-4H3/t12-,17?/m1/s1. The molecule has 2 heterocycles. The van der Waals surface area contributed by atoms with Crippen LogP contribution in [0.5, 0.6) is 23.0 Å². The van der Waals surface area contributed by atoms with Gasteiger partial charge in [0.2, 0.25) is 0 Å². The molecule has 138 valence electrons. The van der Waals surface area contributed by atoms with Crippen molar-refractivity contribution in [3.05, 3.63) is 46.5 Å². The van der Waals surface area contributed by atoms with Crippen molar-refractivity contribution in [2.24, 2.45) is 0 Å². The molecule has 26 heavy (non-hydrogen) atoms. The van der Waals surface area contributed by atoms with Gasteiger partial charge in [0.25, 0.3) is 0 Å². The first kappa shape index (κ1) is 17.0. The molecular weight excluding hydrogens is 330 g/mol. The average Bonchev–Trinajstić information content (AvgIpc) is 2.66. The summed E-state index contributed by atoms with van der Waals surface area (Å²) in [6.45, 7) is 3.07. The zero-order valence-electron chi connectivity index (χ0n) is 15.7. The maximum absolute atomic E-state index is 10.3. The van der Waals surface area contributed by atoms with Gasteiger partial charge in [0, 0.05) is 29.8 Å². The number of fused-ring (bicyclic) bond motifs is 4. The molecule has 2 aromatic rings. The van der Waals surface area contributed by atoms with E-state index in [4.69, 9.17) is 14.2 Å². The van der Waals surface area contributed by atoms with Crippen LogP contribution in [0.15, 0.2) is 24.3 Å². The van der Waals surface area contributed by atoms with Gasteiger partial charge in [-0.05, 0) is 55.2 Å². The summed E-state index contributed by atoms with van der Waals surface area (Å²) in [5.74, 6) is 2.55. The summed E-state index contributed by atoms with van der Waals surface area (Å²) in [4.78, 5) is 2.50. The minimum Gasteiger partial charge on any atom is -0.504 e. The van der Waals surface area contributed by atoms with Crippen molar-refractivity contribution in [2.75, 3.05) is 21.3 Å². The van der Waals surface area contributed by atoms with Crippen molar-refractivity contribution in [1.82, 2.24) is 4.90 Å². The van der Waals surface area contributed by atoms with Crippen LogP contribution in [-0.4, -0.2) is 37.4 Å². The molecule has 0 fully saturated rings. The topological polar surface area (TPSA) is 51.2 Å². The third kappa shape index (κ3) is 2.50. The quantitative estimate of drug-likeness (QED) is 0.914. The Balaban J connectivity index is 1.84. The van der Waals surface area contributed by atoms with Crippen LogP contribution in [0.4, 0.5) is 0 Å². The van der Waals surface area contributed by atoms with E-state index in [0.717, 1.165) is 30.9 Å². The summed E-state index contributed by atoms with van der Waals surface area (Å²) in [5.41, 5.74) is 4.83. The monoisotopic (exact) mass is 355 g/mol. The molecule has 2 aromatic carbocycles. The van der Waals surface area contributed by atoms with Crippen LogP contribution in [0.3, 0.4) is 0 Å². The highest BCUT2D eigenvalue weighted by Gasteiger charge is 2.38. The van der Waals surface area contributed by atoms with E-state index >= 15 is 0 Å². The first-order valence-electron chi connectivity index (χ1n) is 8.95. The molecule has 1 N–H and O–H groups in total. The number of benzene rings is 2. The number of ether oxygens (including phenoxy) is 3. The van der Waals surface area contributed by atoms with E-state index in [0.29, 0.717) is 11.8 Å². The van der Waals surface area contributed by atoms with Gasteiger partial charge in [0.1, 0.15) is 11.5 Å². The lowest BCUT2D eigenvalue weighted by Crippen LogP contribution is -2.45. The summed E-state index contributed by atoms with van der Waals surface area (Å²) in [5, 5.41) is 10.3. The van der Waals surface area contributed by atoms with Crippen molar-refractivity contribution in [2.45, 2.75) is 38.4 Å². The fourth-order valence-corrected chi connectivity index (χ4v) is 4.50. The molecule has 0 bridgehead atoms. The molecule has 0 saturated carbocycles. The molecule has 0 aromatic heterocycles. The fourth-order valence-electron chi connectivity index (χ4n) is 4.50. The van der Waals surface area contributed by atoms with Crippen molar-refractivity contribution < 1.29 is 19.3 Å². The first-order chi connectivity index (χ1) is 12.6. The van der Waals surface area contributed by atoms with E-state index < -0.39 is 0 Å². The molecule has 0 spiro atoms. The van der Waals surface area contributed by atoms with Gasteiger partial charge in [0.05, 0.1) is 21.3 Å². The number of rotatable bonds is 3. The second-order valence-corrected chi connectivity index (χ2v) is 7.10. The number of hydrogen-bond acceptors (Lipinski definition) is 5. The van der Waals surface area contributed by atoms with Crippen molar-refractivity contribution >= 4 is 0 Å². The lowest BCUT2D eigenvalue weighted by molar-refractivity contribution is 0.103. The van der Waals surface area contributed by atoms with Crippen LogP contribution in [-0.2, 0) is 19.4 Å². The summed E-state index contributed by atoms with van der Waals surface area (Å²) in [6.07, 6.45) is 1.77. The Morgan fingerprint density at radius 2 is 1.58 bits per heavy atom. The zero-order valence-corrected chi connectivity index (χ0v) is 15.7. The van der Waals surface area contributed by atoms with Gasteiger partial charge in [0.15, 0.2) is 11.5 Å². The Hall–Kier alpha value is -2.40. The smallest absolute Gasteiger partial charge is 0.160 e.